The molecule has 2 heterocycles. The van der Waals surface area contributed by atoms with Gasteiger partial charge in [-0.15, -0.1) is 0 Å². The molecule has 31 heavy (non-hydrogen) atoms. The molecule has 3 atom stereocenters. The second kappa shape index (κ2) is 9.33. The molecule has 6 heteroatoms. The van der Waals surface area contributed by atoms with Gasteiger partial charge in [-0.1, -0.05) is 39.8 Å². The monoisotopic (exact) mass is 424 g/mol. The largest absolute Gasteiger partial charge is 0.456 e. The molecule has 2 aromatic heterocycles. The van der Waals surface area contributed by atoms with Crippen LogP contribution in [0.3, 0.4) is 0 Å². The number of hydrogen-bond acceptors (Lipinski definition) is 4. The van der Waals surface area contributed by atoms with Gasteiger partial charge in [0.25, 0.3) is 0 Å². The van der Waals surface area contributed by atoms with Crippen molar-refractivity contribution in [3.05, 3.63) is 83.8 Å². The van der Waals surface area contributed by atoms with E-state index in [0.717, 1.165) is 6.07 Å². The van der Waals surface area contributed by atoms with Gasteiger partial charge in [0, 0.05) is 35.4 Å². The fourth-order valence-corrected chi connectivity index (χ4v) is 4.18. The maximum atomic E-state index is 14.8. The number of pyridine rings is 2. The summed E-state index contributed by atoms with van der Waals surface area (Å²) in [6.07, 6.45) is 3.26. The highest BCUT2D eigenvalue weighted by molar-refractivity contribution is 5.87. The van der Waals surface area contributed by atoms with Crippen LogP contribution in [0.1, 0.15) is 50.2 Å². The van der Waals surface area contributed by atoms with Crippen LogP contribution >= 0.6 is 0 Å². The van der Waals surface area contributed by atoms with Crippen LogP contribution in [-0.2, 0) is 10.2 Å². The molecule has 0 radical (unpaired) electrons. The molecule has 1 saturated carbocycles. The number of hydrogen-bond donors (Lipinski definition) is 0. The van der Waals surface area contributed by atoms with E-state index in [1.165, 1.54) is 12.3 Å². The first kappa shape index (κ1) is 22.5. The zero-order chi connectivity index (χ0) is 22.6. The number of carbonyl (C=O) groups excluding carboxylic acids is 1. The van der Waals surface area contributed by atoms with Crippen molar-refractivity contribution in [3.63, 3.8) is 0 Å². The van der Waals surface area contributed by atoms with Crippen LogP contribution in [0.15, 0.2) is 60.9 Å². The van der Waals surface area contributed by atoms with Crippen molar-refractivity contribution in [2.45, 2.75) is 45.6 Å². The minimum atomic E-state index is -0.727. The summed E-state index contributed by atoms with van der Waals surface area (Å²) >= 11 is 0. The van der Waals surface area contributed by atoms with E-state index in [-0.39, 0.29) is 17.2 Å². The topological polar surface area (TPSA) is 52.1 Å². The zero-order valence-electron chi connectivity index (χ0n) is 18.1. The molecule has 1 aliphatic rings. The maximum absolute atomic E-state index is 14.8. The standard InChI is InChI=1S/C23H20F2N2O2.C2H6/c1-3-15-21(29-22(28)19-9-5-7-11-27-19)23(15,2)16-12-14(24)13-17(25)20(16)18-8-4-6-10-26-18;1-2/h4-13,15,21H,3H2,1-2H3;1-2H3. The molecular weight excluding hydrogens is 398 g/mol. The molecule has 0 saturated heterocycles. The number of rotatable bonds is 5. The lowest BCUT2D eigenvalue weighted by atomic mass is 9.88. The number of carbonyl (C=O) groups is 1. The summed E-state index contributed by atoms with van der Waals surface area (Å²) in [4.78, 5) is 20.8. The van der Waals surface area contributed by atoms with Gasteiger partial charge in [0.1, 0.15) is 23.4 Å². The number of halogens is 2. The van der Waals surface area contributed by atoms with E-state index in [2.05, 4.69) is 9.97 Å². The normalized spacial score (nSPS) is 21.6. The molecule has 1 aliphatic carbocycles. The fraction of sp³-hybridized carbons (Fsp3) is 0.320. The van der Waals surface area contributed by atoms with Crippen LogP contribution in [0.25, 0.3) is 11.3 Å². The molecule has 0 bridgehead atoms. The minimum absolute atomic E-state index is 0.0705. The first-order valence-corrected chi connectivity index (χ1v) is 10.5. The van der Waals surface area contributed by atoms with E-state index in [9.17, 15) is 13.6 Å². The summed E-state index contributed by atoms with van der Waals surface area (Å²) in [5, 5.41) is 0. The van der Waals surface area contributed by atoms with E-state index in [4.69, 9.17) is 4.74 Å². The molecule has 4 nitrogen and oxygen atoms in total. The molecule has 1 fully saturated rings. The third-order valence-corrected chi connectivity index (χ3v) is 5.72. The fourth-order valence-electron chi connectivity index (χ4n) is 4.18. The molecule has 4 rings (SSSR count). The van der Waals surface area contributed by atoms with Gasteiger partial charge >= 0.3 is 5.97 Å². The molecule has 0 spiro atoms. The lowest BCUT2D eigenvalue weighted by Crippen LogP contribution is -2.17. The Labute approximate surface area is 181 Å². The van der Waals surface area contributed by atoms with E-state index in [1.807, 2.05) is 27.7 Å². The Kier molecular flexibility index (Phi) is 6.78. The smallest absolute Gasteiger partial charge is 0.357 e. The highest BCUT2D eigenvalue weighted by Gasteiger charge is 2.65. The van der Waals surface area contributed by atoms with Crippen molar-refractivity contribution in [2.75, 3.05) is 0 Å². The van der Waals surface area contributed by atoms with Gasteiger partial charge in [0.05, 0.1) is 5.69 Å². The predicted octanol–water partition coefficient (Wildman–Crippen LogP) is 5.97. The van der Waals surface area contributed by atoms with Gasteiger partial charge in [0.2, 0.25) is 0 Å². The average Bonchev–Trinajstić information content (AvgIpc) is 3.38. The van der Waals surface area contributed by atoms with Crippen LogP contribution in [-0.4, -0.2) is 22.0 Å². The highest BCUT2D eigenvalue weighted by Crippen LogP contribution is 2.60. The van der Waals surface area contributed by atoms with Crippen molar-refractivity contribution in [1.29, 1.82) is 0 Å². The van der Waals surface area contributed by atoms with Crippen LogP contribution < -0.4 is 0 Å². The summed E-state index contributed by atoms with van der Waals surface area (Å²) in [6.45, 7) is 7.84. The molecule has 0 amide bonds. The number of ether oxygens (including phenoxy) is 1. The Morgan fingerprint density at radius 1 is 1.06 bits per heavy atom. The quantitative estimate of drug-likeness (QED) is 0.474. The third kappa shape index (κ3) is 4.20. The first-order chi connectivity index (χ1) is 15.0. The van der Waals surface area contributed by atoms with Gasteiger partial charge in [-0.05, 0) is 42.3 Å². The Morgan fingerprint density at radius 2 is 1.74 bits per heavy atom. The van der Waals surface area contributed by atoms with E-state index in [0.29, 0.717) is 17.7 Å². The maximum Gasteiger partial charge on any atom is 0.357 e. The SMILES string of the molecule is CC.CCC1C(OC(=O)c2ccccn2)C1(C)c1cc(F)cc(F)c1-c1ccccn1. The van der Waals surface area contributed by atoms with E-state index >= 15 is 0 Å². The number of nitrogens with zero attached hydrogens (tertiary/aromatic N) is 2. The summed E-state index contributed by atoms with van der Waals surface area (Å²) in [5.74, 6) is -1.97. The number of benzene rings is 1. The summed E-state index contributed by atoms with van der Waals surface area (Å²) in [5.41, 5.74) is 0.586. The molecule has 162 valence electrons. The second-order valence-corrected chi connectivity index (χ2v) is 7.36. The predicted molar refractivity (Wildman–Crippen MR) is 116 cm³/mol. The Balaban J connectivity index is 0.00000132. The first-order valence-electron chi connectivity index (χ1n) is 10.5. The van der Waals surface area contributed by atoms with E-state index in [1.54, 1.807) is 42.6 Å². The van der Waals surface area contributed by atoms with Crippen molar-refractivity contribution in [3.8, 4) is 11.3 Å². The van der Waals surface area contributed by atoms with Gasteiger partial charge in [-0.3, -0.25) is 4.98 Å². The molecule has 0 N–H and O–H groups in total. The molecular formula is C25H26F2N2O2. The molecule has 1 aromatic carbocycles. The van der Waals surface area contributed by atoms with Gasteiger partial charge in [-0.2, -0.15) is 0 Å². The number of aromatic nitrogens is 2. The van der Waals surface area contributed by atoms with Crippen molar-refractivity contribution >= 4 is 5.97 Å². The van der Waals surface area contributed by atoms with Crippen molar-refractivity contribution in [1.82, 2.24) is 9.97 Å². The van der Waals surface area contributed by atoms with Crippen molar-refractivity contribution < 1.29 is 18.3 Å². The Hall–Kier alpha value is -3.15. The molecule has 3 unspecified atom stereocenters. The van der Waals surface area contributed by atoms with Crippen LogP contribution in [0.5, 0.6) is 0 Å². The minimum Gasteiger partial charge on any atom is -0.456 e. The third-order valence-electron chi connectivity index (χ3n) is 5.72. The lowest BCUT2D eigenvalue weighted by molar-refractivity contribution is 0.0419. The summed E-state index contributed by atoms with van der Waals surface area (Å²) in [6, 6.07) is 12.3. The Morgan fingerprint density at radius 3 is 2.32 bits per heavy atom. The number of esters is 1. The average molecular weight is 424 g/mol. The zero-order valence-corrected chi connectivity index (χ0v) is 18.1. The lowest BCUT2D eigenvalue weighted by Gasteiger charge is -2.18. The van der Waals surface area contributed by atoms with E-state index < -0.39 is 29.1 Å². The summed E-state index contributed by atoms with van der Waals surface area (Å²) < 4.78 is 34.8. The second-order valence-electron chi connectivity index (χ2n) is 7.36. The van der Waals surface area contributed by atoms with Crippen LogP contribution in [0, 0.1) is 17.6 Å². The van der Waals surface area contributed by atoms with Gasteiger partial charge in [0.15, 0.2) is 0 Å². The summed E-state index contributed by atoms with van der Waals surface area (Å²) in [7, 11) is 0. The van der Waals surface area contributed by atoms with Crippen LogP contribution in [0.2, 0.25) is 0 Å². The molecule has 0 aliphatic heterocycles. The Bertz CT molecular complexity index is 1040. The van der Waals surface area contributed by atoms with Gasteiger partial charge in [-0.25, -0.2) is 18.6 Å². The highest BCUT2D eigenvalue weighted by atomic mass is 19.1. The van der Waals surface area contributed by atoms with Crippen LogP contribution in [0.4, 0.5) is 8.78 Å². The molecule has 3 aromatic rings. The van der Waals surface area contributed by atoms with Crippen molar-refractivity contribution in [2.24, 2.45) is 5.92 Å². The van der Waals surface area contributed by atoms with Gasteiger partial charge < -0.3 is 4.74 Å².